The minimum absolute atomic E-state index is 0.884. The van der Waals surface area contributed by atoms with E-state index in [-0.39, 0.29) is 0 Å². The predicted octanol–water partition coefficient (Wildman–Crippen LogP) is 2.47. The van der Waals surface area contributed by atoms with Crippen molar-refractivity contribution in [2.75, 3.05) is 13.6 Å². The molecule has 3 aromatic rings. The van der Waals surface area contributed by atoms with E-state index in [1.807, 2.05) is 37.6 Å². The number of nitrogens with zero attached hydrogens (tertiary/aromatic N) is 3. The van der Waals surface area contributed by atoms with Crippen molar-refractivity contribution in [3.8, 4) is 11.3 Å². The first-order valence-electron chi connectivity index (χ1n) is 6.84. The first kappa shape index (κ1) is 12.8. The van der Waals surface area contributed by atoms with Crippen molar-refractivity contribution < 1.29 is 0 Å². The van der Waals surface area contributed by atoms with Crippen LogP contribution in [0.2, 0.25) is 0 Å². The molecular weight excluding hydrogens is 248 g/mol. The SMILES string of the molecule is CNCCc1nc(-c2ccccc2C)c2ncccn12. The molecule has 0 aliphatic carbocycles. The lowest BCUT2D eigenvalue weighted by Crippen LogP contribution is -2.12. The van der Waals surface area contributed by atoms with E-state index >= 15 is 0 Å². The van der Waals surface area contributed by atoms with Gasteiger partial charge in [-0.15, -0.1) is 0 Å². The average Bonchev–Trinajstić information content (AvgIpc) is 2.84. The van der Waals surface area contributed by atoms with Gasteiger partial charge in [-0.3, -0.25) is 4.40 Å². The van der Waals surface area contributed by atoms with E-state index in [1.165, 1.54) is 5.56 Å². The van der Waals surface area contributed by atoms with E-state index in [4.69, 9.17) is 4.98 Å². The summed E-state index contributed by atoms with van der Waals surface area (Å²) in [5.74, 6) is 1.04. The first-order chi connectivity index (χ1) is 9.81. The van der Waals surface area contributed by atoms with Crippen LogP contribution in [0.4, 0.5) is 0 Å². The molecule has 0 unspecified atom stereocenters. The van der Waals surface area contributed by atoms with Gasteiger partial charge in [0.1, 0.15) is 11.5 Å². The molecule has 0 bridgehead atoms. The molecule has 2 aromatic heterocycles. The maximum atomic E-state index is 4.82. The summed E-state index contributed by atoms with van der Waals surface area (Å²) < 4.78 is 2.08. The highest BCUT2D eigenvalue weighted by atomic mass is 15.1. The Morgan fingerprint density at radius 2 is 2.05 bits per heavy atom. The van der Waals surface area contributed by atoms with Crippen LogP contribution in [-0.4, -0.2) is 28.0 Å². The van der Waals surface area contributed by atoms with Crippen LogP contribution >= 0.6 is 0 Å². The number of hydrogen-bond donors (Lipinski definition) is 1. The lowest BCUT2D eigenvalue weighted by molar-refractivity contribution is 0.752. The smallest absolute Gasteiger partial charge is 0.164 e. The Labute approximate surface area is 118 Å². The number of aromatic nitrogens is 3. The van der Waals surface area contributed by atoms with Crippen molar-refractivity contribution >= 4 is 5.65 Å². The predicted molar refractivity (Wildman–Crippen MR) is 80.8 cm³/mol. The fourth-order valence-electron chi connectivity index (χ4n) is 2.42. The molecular formula is C16H18N4. The van der Waals surface area contributed by atoms with Crippen LogP contribution in [0.15, 0.2) is 42.7 Å². The van der Waals surface area contributed by atoms with Gasteiger partial charge in [-0.05, 0) is 25.6 Å². The maximum absolute atomic E-state index is 4.82. The molecule has 0 aliphatic heterocycles. The van der Waals surface area contributed by atoms with E-state index in [0.29, 0.717) is 0 Å². The van der Waals surface area contributed by atoms with Gasteiger partial charge < -0.3 is 5.32 Å². The van der Waals surface area contributed by atoms with Gasteiger partial charge in [-0.2, -0.15) is 0 Å². The first-order valence-corrected chi connectivity index (χ1v) is 6.84. The van der Waals surface area contributed by atoms with E-state index in [9.17, 15) is 0 Å². The summed E-state index contributed by atoms with van der Waals surface area (Å²) in [6.07, 6.45) is 4.73. The molecule has 0 radical (unpaired) electrons. The third kappa shape index (κ3) is 2.18. The second-order valence-electron chi connectivity index (χ2n) is 4.86. The van der Waals surface area contributed by atoms with Crippen molar-refractivity contribution in [1.29, 1.82) is 0 Å². The standard InChI is InChI=1S/C16H18N4/c1-12-6-3-4-7-13(12)15-16-18-9-5-11-20(16)14(19-15)8-10-17-2/h3-7,9,11,17H,8,10H2,1-2H3. The van der Waals surface area contributed by atoms with Gasteiger partial charge in [0.25, 0.3) is 0 Å². The largest absolute Gasteiger partial charge is 0.319 e. The zero-order valence-electron chi connectivity index (χ0n) is 11.8. The summed E-state index contributed by atoms with van der Waals surface area (Å²) in [5.41, 5.74) is 4.26. The number of fused-ring (bicyclic) bond motifs is 1. The van der Waals surface area contributed by atoms with Crippen LogP contribution in [0.3, 0.4) is 0 Å². The van der Waals surface area contributed by atoms with Crippen LogP contribution < -0.4 is 5.32 Å². The Balaban J connectivity index is 2.19. The Morgan fingerprint density at radius 3 is 2.85 bits per heavy atom. The molecule has 0 spiro atoms. The molecule has 1 aromatic carbocycles. The Kier molecular flexibility index (Phi) is 3.48. The summed E-state index contributed by atoms with van der Waals surface area (Å²) in [6, 6.07) is 10.3. The second-order valence-corrected chi connectivity index (χ2v) is 4.86. The number of rotatable bonds is 4. The summed E-state index contributed by atoms with van der Waals surface area (Å²) in [4.78, 5) is 9.33. The average molecular weight is 266 g/mol. The number of imidazole rings is 1. The fourth-order valence-corrected chi connectivity index (χ4v) is 2.42. The van der Waals surface area contributed by atoms with E-state index in [0.717, 1.165) is 35.7 Å². The number of aryl methyl sites for hydroxylation is 1. The lowest BCUT2D eigenvalue weighted by atomic mass is 10.1. The highest BCUT2D eigenvalue weighted by Gasteiger charge is 2.14. The molecule has 102 valence electrons. The Morgan fingerprint density at radius 1 is 1.20 bits per heavy atom. The van der Waals surface area contributed by atoms with Crippen LogP contribution in [-0.2, 0) is 6.42 Å². The molecule has 0 saturated heterocycles. The third-order valence-electron chi connectivity index (χ3n) is 3.48. The molecule has 20 heavy (non-hydrogen) atoms. The quantitative estimate of drug-likeness (QED) is 0.789. The minimum Gasteiger partial charge on any atom is -0.319 e. The van der Waals surface area contributed by atoms with Gasteiger partial charge in [0.2, 0.25) is 0 Å². The molecule has 4 heteroatoms. The van der Waals surface area contributed by atoms with Crippen molar-refractivity contribution in [3.05, 3.63) is 54.1 Å². The molecule has 3 rings (SSSR count). The highest BCUT2D eigenvalue weighted by molar-refractivity contribution is 5.76. The molecule has 0 atom stereocenters. The molecule has 0 aliphatic rings. The monoisotopic (exact) mass is 266 g/mol. The van der Waals surface area contributed by atoms with Gasteiger partial charge in [-0.1, -0.05) is 24.3 Å². The third-order valence-corrected chi connectivity index (χ3v) is 3.48. The highest BCUT2D eigenvalue weighted by Crippen LogP contribution is 2.26. The van der Waals surface area contributed by atoms with Crippen molar-refractivity contribution in [3.63, 3.8) is 0 Å². The number of likely N-dealkylation sites (N-methyl/N-ethyl adjacent to an activating group) is 1. The van der Waals surface area contributed by atoms with E-state index < -0.39 is 0 Å². The topological polar surface area (TPSA) is 42.2 Å². The van der Waals surface area contributed by atoms with E-state index in [1.54, 1.807) is 0 Å². The summed E-state index contributed by atoms with van der Waals surface area (Å²) in [6.45, 7) is 3.01. The number of hydrogen-bond acceptors (Lipinski definition) is 3. The normalized spacial score (nSPS) is 11.1. The number of nitrogens with one attached hydrogen (secondary N) is 1. The van der Waals surface area contributed by atoms with Crippen molar-refractivity contribution in [2.45, 2.75) is 13.3 Å². The summed E-state index contributed by atoms with van der Waals surface area (Å²) in [5, 5.41) is 3.17. The molecule has 4 nitrogen and oxygen atoms in total. The van der Waals surface area contributed by atoms with Gasteiger partial charge in [-0.25, -0.2) is 9.97 Å². The maximum Gasteiger partial charge on any atom is 0.164 e. The van der Waals surface area contributed by atoms with E-state index in [2.05, 4.69) is 33.8 Å². The molecule has 2 heterocycles. The van der Waals surface area contributed by atoms with Crippen molar-refractivity contribution in [1.82, 2.24) is 19.7 Å². The van der Waals surface area contributed by atoms with Crippen LogP contribution in [0.5, 0.6) is 0 Å². The molecule has 0 amide bonds. The molecule has 1 N–H and O–H groups in total. The van der Waals surface area contributed by atoms with Crippen molar-refractivity contribution in [2.24, 2.45) is 0 Å². The summed E-state index contributed by atoms with van der Waals surface area (Å²) in [7, 11) is 1.95. The van der Waals surface area contributed by atoms with Gasteiger partial charge in [0.05, 0.1) is 0 Å². The Hall–Kier alpha value is -2.20. The Bertz CT molecular complexity index is 730. The zero-order chi connectivity index (χ0) is 13.9. The second kappa shape index (κ2) is 5.43. The van der Waals surface area contributed by atoms with Crippen LogP contribution in [0.25, 0.3) is 16.9 Å². The zero-order valence-corrected chi connectivity index (χ0v) is 11.8. The number of benzene rings is 1. The minimum atomic E-state index is 0.884. The lowest BCUT2D eigenvalue weighted by Gasteiger charge is -2.01. The fraction of sp³-hybridized carbons (Fsp3) is 0.250. The molecule has 0 saturated carbocycles. The summed E-state index contributed by atoms with van der Waals surface area (Å²) >= 11 is 0. The molecule has 0 fully saturated rings. The van der Waals surface area contributed by atoms with Crippen LogP contribution in [0, 0.1) is 6.92 Å². The van der Waals surface area contributed by atoms with Gasteiger partial charge >= 0.3 is 0 Å². The van der Waals surface area contributed by atoms with Gasteiger partial charge in [0.15, 0.2) is 5.65 Å². The van der Waals surface area contributed by atoms with Crippen LogP contribution in [0.1, 0.15) is 11.4 Å². The van der Waals surface area contributed by atoms with Gasteiger partial charge in [0, 0.05) is 30.9 Å².